The van der Waals surface area contributed by atoms with Gasteiger partial charge in [0.15, 0.2) is 0 Å². The summed E-state index contributed by atoms with van der Waals surface area (Å²) in [7, 11) is 0. The summed E-state index contributed by atoms with van der Waals surface area (Å²) in [5.41, 5.74) is 0. The lowest BCUT2D eigenvalue weighted by molar-refractivity contribution is -0.0266. The van der Waals surface area contributed by atoms with E-state index in [9.17, 15) is 0 Å². The van der Waals surface area contributed by atoms with Gasteiger partial charge in [-0.3, -0.25) is 0 Å². The highest BCUT2D eigenvalue weighted by molar-refractivity contribution is 9.10. The van der Waals surface area contributed by atoms with E-state index in [4.69, 9.17) is 16.3 Å². The average Bonchev–Trinajstić information content (AvgIpc) is 2.61. The zero-order valence-electron chi connectivity index (χ0n) is 9.29. The molecule has 0 aromatic carbocycles. The molecular formula is C12H16BrClOS. The lowest BCUT2D eigenvalue weighted by Crippen LogP contribution is -2.31. The van der Waals surface area contributed by atoms with Crippen LogP contribution in [0.25, 0.3) is 0 Å². The van der Waals surface area contributed by atoms with Gasteiger partial charge in [-0.1, -0.05) is 0 Å². The van der Waals surface area contributed by atoms with Gasteiger partial charge < -0.3 is 4.74 Å². The van der Waals surface area contributed by atoms with Gasteiger partial charge in [0.05, 0.1) is 11.5 Å². The van der Waals surface area contributed by atoms with Gasteiger partial charge >= 0.3 is 0 Å². The van der Waals surface area contributed by atoms with Crippen LogP contribution in [0.5, 0.6) is 0 Å². The summed E-state index contributed by atoms with van der Waals surface area (Å²) in [4.78, 5) is 1.27. The summed E-state index contributed by atoms with van der Waals surface area (Å²) >= 11 is 11.7. The molecule has 1 atom stereocenters. The molecule has 4 heteroatoms. The van der Waals surface area contributed by atoms with Gasteiger partial charge in [-0.05, 0) is 59.5 Å². The summed E-state index contributed by atoms with van der Waals surface area (Å²) in [6.07, 6.45) is 3.93. The number of thiophene rings is 1. The molecule has 0 aliphatic heterocycles. The van der Waals surface area contributed by atoms with E-state index < -0.39 is 0 Å². The van der Waals surface area contributed by atoms with Gasteiger partial charge in [0.1, 0.15) is 0 Å². The molecule has 90 valence electrons. The topological polar surface area (TPSA) is 9.23 Å². The van der Waals surface area contributed by atoms with Crippen molar-refractivity contribution in [3.05, 3.63) is 20.8 Å². The molecule has 1 fully saturated rings. The van der Waals surface area contributed by atoms with Crippen LogP contribution in [0.4, 0.5) is 0 Å². The van der Waals surface area contributed by atoms with Crippen molar-refractivity contribution in [1.29, 1.82) is 0 Å². The smallest absolute Gasteiger partial charge is 0.0692 e. The maximum Gasteiger partial charge on any atom is 0.0692 e. The molecule has 2 rings (SSSR count). The molecular weight excluding hydrogens is 308 g/mol. The number of hydrogen-bond donors (Lipinski definition) is 0. The maximum absolute atomic E-state index is 6.42. The molecule has 1 nitrogen and oxygen atoms in total. The van der Waals surface area contributed by atoms with Gasteiger partial charge in [-0.15, -0.1) is 22.9 Å². The van der Waals surface area contributed by atoms with E-state index in [2.05, 4.69) is 34.3 Å². The van der Waals surface area contributed by atoms with E-state index in [-0.39, 0.29) is 5.38 Å². The molecule has 16 heavy (non-hydrogen) atoms. The third-order valence-corrected chi connectivity index (χ3v) is 5.57. The first-order valence-corrected chi connectivity index (χ1v) is 7.80. The fourth-order valence-electron chi connectivity index (χ4n) is 2.17. The van der Waals surface area contributed by atoms with Crippen molar-refractivity contribution in [2.75, 3.05) is 6.61 Å². The molecule has 0 N–H and O–H groups in total. The highest BCUT2D eigenvalue weighted by atomic mass is 79.9. The highest BCUT2D eigenvalue weighted by Gasteiger charge is 2.31. The Labute approximate surface area is 114 Å². The lowest BCUT2D eigenvalue weighted by Gasteiger charge is -2.35. The number of alkyl halides is 1. The minimum Gasteiger partial charge on any atom is -0.378 e. The fourth-order valence-corrected chi connectivity index (χ4v) is 4.46. The predicted molar refractivity (Wildman–Crippen MR) is 73.4 cm³/mol. The van der Waals surface area contributed by atoms with E-state index in [0.717, 1.165) is 23.4 Å². The van der Waals surface area contributed by atoms with Crippen LogP contribution in [0.15, 0.2) is 15.9 Å². The second kappa shape index (κ2) is 5.85. The monoisotopic (exact) mass is 322 g/mol. The van der Waals surface area contributed by atoms with Crippen LogP contribution in [0.2, 0.25) is 0 Å². The van der Waals surface area contributed by atoms with Gasteiger partial charge in [0, 0.05) is 16.0 Å². The first kappa shape index (κ1) is 12.9. The van der Waals surface area contributed by atoms with Crippen molar-refractivity contribution in [2.24, 2.45) is 5.92 Å². The molecule has 1 aromatic rings. The molecule has 0 amide bonds. The normalized spacial score (nSPS) is 26.4. The van der Waals surface area contributed by atoms with Crippen LogP contribution in [0, 0.1) is 5.92 Å². The third-order valence-electron chi connectivity index (χ3n) is 3.06. The predicted octanol–water partition coefficient (Wildman–Crippen LogP) is 5.00. The van der Waals surface area contributed by atoms with Crippen LogP contribution in [0.1, 0.15) is 36.4 Å². The Balaban J connectivity index is 1.77. The Morgan fingerprint density at radius 1 is 1.62 bits per heavy atom. The summed E-state index contributed by atoms with van der Waals surface area (Å²) in [6, 6.07) is 2.07. The minimum atomic E-state index is 0.155. The number of rotatable bonds is 5. The molecule has 1 saturated carbocycles. The Morgan fingerprint density at radius 2 is 2.38 bits per heavy atom. The van der Waals surface area contributed by atoms with Crippen LogP contribution < -0.4 is 0 Å². The van der Waals surface area contributed by atoms with E-state index >= 15 is 0 Å². The molecule has 1 aromatic heterocycles. The molecule has 1 aliphatic rings. The largest absolute Gasteiger partial charge is 0.378 e. The molecule has 1 unspecified atom stereocenters. The zero-order valence-corrected chi connectivity index (χ0v) is 12.4. The lowest BCUT2D eigenvalue weighted by atomic mass is 9.79. The van der Waals surface area contributed by atoms with Gasteiger partial charge in [-0.25, -0.2) is 0 Å². The summed E-state index contributed by atoms with van der Waals surface area (Å²) in [5, 5.41) is 2.24. The fraction of sp³-hybridized carbons (Fsp3) is 0.667. The number of ether oxygens (including phenoxy) is 1. The van der Waals surface area contributed by atoms with Crippen LogP contribution >= 0.6 is 38.9 Å². The number of hydrogen-bond acceptors (Lipinski definition) is 2. The van der Waals surface area contributed by atoms with Gasteiger partial charge in [-0.2, -0.15) is 0 Å². The van der Waals surface area contributed by atoms with Gasteiger partial charge in [0.2, 0.25) is 0 Å². The van der Waals surface area contributed by atoms with Crippen molar-refractivity contribution in [1.82, 2.24) is 0 Å². The van der Waals surface area contributed by atoms with Crippen molar-refractivity contribution >= 4 is 38.9 Å². The Kier molecular flexibility index (Phi) is 4.71. The second-order valence-corrected chi connectivity index (χ2v) is 6.58. The Hall–Kier alpha value is 0.430. The molecule has 1 heterocycles. The van der Waals surface area contributed by atoms with Crippen LogP contribution in [0.3, 0.4) is 0 Å². The van der Waals surface area contributed by atoms with Crippen molar-refractivity contribution in [3.8, 4) is 0 Å². The first-order valence-electron chi connectivity index (χ1n) is 5.69. The third kappa shape index (κ3) is 3.00. The summed E-state index contributed by atoms with van der Waals surface area (Å²) < 4.78 is 6.71. The van der Waals surface area contributed by atoms with Crippen molar-refractivity contribution in [2.45, 2.75) is 37.7 Å². The summed E-state index contributed by atoms with van der Waals surface area (Å²) in [5.74, 6) is 0.744. The minimum absolute atomic E-state index is 0.155. The quantitative estimate of drug-likeness (QED) is 0.693. The zero-order chi connectivity index (χ0) is 11.5. The SMILES string of the molecule is CCOC1CC(CC(Cl)c2sccc2Br)C1. The Bertz CT molecular complexity index is 336. The van der Waals surface area contributed by atoms with E-state index in [0.29, 0.717) is 6.10 Å². The number of halogens is 2. The molecule has 0 radical (unpaired) electrons. The average molecular weight is 324 g/mol. The standard InChI is InChI=1S/C12H16BrClOS/c1-2-15-9-5-8(6-9)7-11(14)12-10(13)3-4-16-12/h3-4,8-9,11H,2,5-7H2,1H3. The molecule has 1 aliphatic carbocycles. The van der Waals surface area contributed by atoms with E-state index in [1.54, 1.807) is 11.3 Å². The highest BCUT2D eigenvalue weighted by Crippen LogP contribution is 2.42. The van der Waals surface area contributed by atoms with Crippen molar-refractivity contribution < 1.29 is 4.74 Å². The summed E-state index contributed by atoms with van der Waals surface area (Å²) in [6.45, 7) is 2.89. The molecule has 0 bridgehead atoms. The van der Waals surface area contributed by atoms with Gasteiger partial charge in [0.25, 0.3) is 0 Å². The first-order chi connectivity index (χ1) is 7.70. The molecule has 0 spiro atoms. The maximum atomic E-state index is 6.42. The molecule has 0 saturated heterocycles. The Morgan fingerprint density at radius 3 is 2.94 bits per heavy atom. The van der Waals surface area contributed by atoms with Crippen LogP contribution in [-0.4, -0.2) is 12.7 Å². The van der Waals surface area contributed by atoms with E-state index in [1.807, 2.05) is 0 Å². The van der Waals surface area contributed by atoms with Crippen molar-refractivity contribution in [3.63, 3.8) is 0 Å². The second-order valence-electron chi connectivity index (χ2n) is 4.25. The van der Waals surface area contributed by atoms with Crippen LogP contribution in [-0.2, 0) is 4.74 Å². The van der Waals surface area contributed by atoms with E-state index in [1.165, 1.54) is 17.7 Å².